The van der Waals surface area contributed by atoms with Crippen molar-refractivity contribution in [2.45, 2.75) is 56.3 Å². The number of aromatic amines is 2. The Kier molecular flexibility index (Phi) is 5.06. The van der Waals surface area contributed by atoms with E-state index in [0.717, 1.165) is 19.3 Å². The Hall–Kier alpha value is -2.43. The van der Waals surface area contributed by atoms with Gasteiger partial charge in [-0.05, 0) is 31.6 Å². The molecule has 6 N–H and O–H groups in total. The first-order valence-corrected chi connectivity index (χ1v) is 11.2. The fraction of sp³-hybridized carbons (Fsp3) is 0.636. The zero-order valence-electron chi connectivity index (χ0n) is 18.0. The van der Waals surface area contributed by atoms with Crippen molar-refractivity contribution in [2.24, 2.45) is 17.6 Å². The largest absolute Gasteiger partial charge is 0.492 e. The van der Waals surface area contributed by atoms with Gasteiger partial charge in [0, 0.05) is 30.1 Å². The maximum absolute atomic E-state index is 16.2. The van der Waals surface area contributed by atoms with Gasteiger partial charge in [-0.25, -0.2) is 9.18 Å². The van der Waals surface area contributed by atoms with Gasteiger partial charge in [0.1, 0.15) is 11.2 Å². The van der Waals surface area contributed by atoms with Crippen LogP contribution in [0.25, 0.3) is 10.9 Å². The van der Waals surface area contributed by atoms with Gasteiger partial charge in [-0.15, -0.1) is 0 Å². The number of nitrogens with zero attached hydrogens (tertiary/aromatic N) is 1. The van der Waals surface area contributed by atoms with Crippen LogP contribution in [0, 0.1) is 17.7 Å². The third-order valence-electron chi connectivity index (χ3n) is 7.52. The van der Waals surface area contributed by atoms with Crippen LogP contribution in [0.2, 0.25) is 0 Å². The van der Waals surface area contributed by atoms with Crippen molar-refractivity contribution in [3.8, 4) is 5.75 Å². The van der Waals surface area contributed by atoms with Crippen molar-refractivity contribution in [3.05, 3.63) is 32.2 Å². The zero-order valence-corrected chi connectivity index (χ0v) is 18.0. The number of methoxy groups -OCH3 is 1. The van der Waals surface area contributed by atoms with Crippen LogP contribution in [-0.4, -0.2) is 52.6 Å². The number of aromatic nitrogens is 2. The molecule has 5 rings (SSSR count). The number of hydrogen-bond donors (Lipinski definition) is 5. The van der Waals surface area contributed by atoms with E-state index in [4.69, 9.17) is 10.5 Å². The summed E-state index contributed by atoms with van der Waals surface area (Å²) in [5.74, 6) is -0.706. The molecule has 1 aromatic carbocycles. The number of fused-ring (bicyclic) bond motifs is 2. The number of H-pyrrole nitrogens is 2. The number of nitrogens with two attached hydrogens (primary N) is 1. The lowest BCUT2D eigenvalue weighted by Gasteiger charge is -2.30. The molecule has 1 aromatic heterocycles. The van der Waals surface area contributed by atoms with Gasteiger partial charge >= 0.3 is 5.69 Å². The third-order valence-corrected chi connectivity index (χ3v) is 7.52. The number of nitrogens with one attached hydrogen (secondary N) is 2. The molecule has 174 valence electrons. The van der Waals surface area contributed by atoms with Gasteiger partial charge in [-0.3, -0.25) is 9.78 Å². The lowest BCUT2D eigenvalue weighted by atomic mass is 9.81. The SMILES string of the molecule is COc1c(N2CC3CCCCC(O)C(O)C3C2)c(F)c(C2(N)CC2)c2c(=O)[nH]c(=O)[nH]c12. The lowest BCUT2D eigenvalue weighted by Crippen LogP contribution is -2.39. The predicted molar refractivity (Wildman–Crippen MR) is 116 cm³/mol. The van der Waals surface area contributed by atoms with Gasteiger partial charge in [0.15, 0.2) is 11.6 Å². The Balaban J connectivity index is 1.70. The minimum atomic E-state index is -0.980. The number of anilines is 1. The number of hydrogen-bond acceptors (Lipinski definition) is 7. The van der Waals surface area contributed by atoms with E-state index in [1.54, 1.807) is 4.90 Å². The fourth-order valence-electron chi connectivity index (χ4n) is 5.66. The summed E-state index contributed by atoms with van der Waals surface area (Å²) in [6.45, 7) is 0.795. The molecule has 0 radical (unpaired) electrons. The molecule has 0 bridgehead atoms. The van der Waals surface area contributed by atoms with E-state index >= 15 is 4.39 Å². The van der Waals surface area contributed by atoms with Gasteiger partial charge in [0.2, 0.25) is 0 Å². The summed E-state index contributed by atoms with van der Waals surface area (Å²) >= 11 is 0. The molecule has 3 fully saturated rings. The van der Waals surface area contributed by atoms with Crippen molar-refractivity contribution in [1.29, 1.82) is 0 Å². The van der Waals surface area contributed by atoms with E-state index in [-0.39, 0.29) is 39.7 Å². The molecule has 0 spiro atoms. The summed E-state index contributed by atoms with van der Waals surface area (Å²) in [6, 6.07) is 0. The maximum atomic E-state index is 16.2. The molecule has 2 heterocycles. The number of ether oxygens (including phenoxy) is 1. The first-order chi connectivity index (χ1) is 15.2. The number of halogens is 1. The van der Waals surface area contributed by atoms with Crippen LogP contribution < -0.4 is 26.6 Å². The van der Waals surface area contributed by atoms with E-state index in [2.05, 4.69) is 9.97 Å². The maximum Gasteiger partial charge on any atom is 0.326 e. The highest BCUT2D eigenvalue weighted by Gasteiger charge is 2.48. The fourth-order valence-corrected chi connectivity index (χ4v) is 5.66. The summed E-state index contributed by atoms with van der Waals surface area (Å²) in [4.78, 5) is 31.3. The van der Waals surface area contributed by atoms with Gasteiger partial charge < -0.3 is 30.6 Å². The van der Waals surface area contributed by atoms with Crippen LogP contribution >= 0.6 is 0 Å². The van der Waals surface area contributed by atoms with Crippen molar-refractivity contribution < 1.29 is 19.3 Å². The molecule has 4 unspecified atom stereocenters. The summed E-state index contributed by atoms with van der Waals surface area (Å²) in [5.41, 5.74) is 4.33. The van der Waals surface area contributed by atoms with Gasteiger partial charge in [-0.2, -0.15) is 0 Å². The van der Waals surface area contributed by atoms with E-state index in [9.17, 15) is 19.8 Å². The second-order valence-corrected chi connectivity index (χ2v) is 9.56. The molecular weight excluding hydrogens is 419 g/mol. The van der Waals surface area contributed by atoms with Gasteiger partial charge in [0.05, 0.1) is 24.7 Å². The third kappa shape index (κ3) is 3.23. The number of aliphatic hydroxyl groups excluding tert-OH is 2. The quantitative estimate of drug-likeness (QED) is 0.464. The van der Waals surface area contributed by atoms with Crippen LogP contribution in [0.5, 0.6) is 5.75 Å². The molecule has 9 nitrogen and oxygen atoms in total. The van der Waals surface area contributed by atoms with Gasteiger partial charge in [-0.1, -0.05) is 12.8 Å². The standard InChI is InChI=1S/C22H29FN4O5/c1-32-19-16-13(20(30)26-21(31)25-16)14(22(24)6-7-22)15(23)17(19)27-8-10-4-2-3-5-12(28)18(29)11(10)9-27/h10-12,18,28-29H,2-9,24H2,1H3,(H2,25,26,30,31). The monoisotopic (exact) mass is 448 g/mol. The van der Waals surface area contributed by atoms with Crippen molar-refractivity contribution >= 4 is 16.6 Å². The lowest BCUT2D eigenvalue weighted by molar-refractivity contribution is -0.0347. The average Bonchev–Trinajstić information content (AvgIpc) is 3.35. The van der Waals surface area contributed by atoms with E-state index in [0.29, 0.717) is 32.4 Å². The van der Waals surface area contributed by atoms with E-state index in [1.165, 1.54) is 7.11 Å². The number of rotatable bonds is 3. The molecule has 4 atom stereocenters. The van der Waals surface area contributed by atoms with Crippen LogP contribution in [0.15, 0.2) is 9.59 Å². The Morgan fingerprint density at radius 2 is 1.88 bits per heavy atom. The van der Waals surface area contributed by atoms with Crippen molar-refractivity contribution in [1.82, 2.24) is 9.97 Å². The summed E-state index contributed by atoms with van der Waals surface area (Å²) in [5, 5.41) is 21.1. The topological polar surface area (TPSA) is 145 Å². The zero-order chi connectivity index (χ0) is 22.8. The molecule has 1 aliphatic heterocycles. The van der Waals surface area contributed by atoms with Crippen molar-refractivity contribution in [2.75, 3.05) is 25.1 Å². The minimum Gasteiger partial charge on any atom is -0.492 e. The first-order valence-electron chi connectivity index (χ1n) is 11.2. The Morgan fingerprint density at radius 1 is 1.16 bits per heavy atom. The Labute approximate surface area is 183 Å². The summed E-state index contributed by atoms with van der Waals surface area (Å²) in [7, 11) is 1.37. The molecular formula is C22H29FN4O5. The second kappa shape index (κ2) is 7.57. The minimum absolute atomic E-state index is 0.00312. The van der Waals surface area contributed by atoms with Crippen LogP contribution in [0.4, 0.5) is 10.1 Å². The highest BCUT2D eigenvalue weighted by molar-refractivity contribution is 5.94. The van der Waals surface area contributed by atoms with Crippen LogP contribution in [0.3, 0.4) is 0 Å². The van der Waals surface area contributed by atoms with E-state index in [1.807, 2.05) is 0 Å². The molecule has 32 heavy (non-hydrogen) atoms. The Morgan fingerprint density at radius 3 is 2.56 bits per heavy atom. The highest BCUT2D eigenvalue weighted by atomic mass is 19.1. The first kappa shape index (κ1) is 21.4. The summed E-state index contributed by atoms with van der Waals surface area (Å²) in [6.07, 6.45) is 2.52. The molecule has 1 saturated heterocycles. The average molecular weight is 448 g/mol. The van der Waals surface area contributed by atoms with Crippen LogP contribution in [-0.2, 0) is 5.54 Å². The van der Waals surface area contributed by atoms with Crippen LogP contribution in [0.1, 0.15) is 44.1 Å². The highest BCUT2D eigenvalue weighted by Crippen LogP contribution is 2.51. The number of benzene rings is 1. The Bertz CT molecular complexity index is 1170. The summed E-state index contributed by atoms with van der Waals surface area (Å²) < 4.78 is 21.7. The van der Waals surface area contributed by atoms with Crippen molar-refractivity contribution in [3.63, 3.8) is 0 Å². The predicted octanol–water partition coefficient (Wildman–Crippen LogP) is 0.660. The molecule has 0 amide bonds. The molecule has 2 aromatic rings. The molecule has 2 saturated carbocycles. The van der Waals surface area contributed by atoms with E-state index < -0.39 is 34.8 Å². The molecule has 2 aliphatic carbocycles. The number of aliphatic hydroxyl groups is 2. The normalized spacial score (nSPS) is 29.5. The molecule has 10 heteroatoms. The smallest absolute Gasteiger partial charge is 0.326 e. The molecule has 3 aliphatic rings. The van der Waals surface area contributed by atoms with Gasteiger partial charge in [0.25, 0.3) is 5.56 Å². The second-order valence-electron chi connectivity index (χ2n) is 9.56.